The molecule has 1 aromatic carbocycles. The summed E-state index contributed by atoms with van der Waals surface area (Å²) in [5.41, 5.74) is 7.13. The molecule has 1 aliphatic heterocycles. The molecular formula is C19H26N5O2S2+. The van der Waals surface area contributed by atoms with Crippen molar-refractivity contribution in [3.8, 4) is 10.6 Å². The number of aryl methyl sites for hydroxylation is 1. The topological polar surface area (TPSA) is 79.7 Å². The third kappa shape index (κ3) is 5.96. The Morgan fingerprint density at radius 1 is 1.25 bits per heavy atom. The Morgan fingerprint density at radius 2 is 2.00 bits per heavy atom. The lowest BCUT2D eigenvalue weighted by Crippen LogP contribution is -3.14. The zero-order valence-electron chi connectivity index (χ0n) is 15.9. The van der Waals surface area contributed by atoms with Gasteiger partial charge in [-0.15, -0.1) is 11.3 Å². The largest absolute Gasteiger partial charge is 0.370 e. The van der Waals surface area contributed by atoms with Crippen LogP contribution in [0.1, 0.15) is 21.8 Å². The van der Waals surface area contributed by atoms with Crippen molar-refractivity contribution in [1.29, 1.82) is 0 Å². The van der Waals surface area contributed by atoms with Crippen LogP contribution in [-0.2, 0) is 4.74 Å². The maximum atomic E-state index is 12.4. The van der Waals surface area contributed by atoms with Gasteiger partial charge in [-0.2, -0.15) is 0 Å². The standard InChI is InChI=1S/C19H25N5O2S2/c1-14-16(28-18(21-14)15-6-3-2-4-7-15)17(25)22-23-19(27)20-8-5-9-24-10-12-26-13-11-24/h2-4,6-7H,5,8-13H2,1H3,(H,22,25)(H2,20,23,27)/p+1. The molecule has 150 valence electrons. The molecule has 9 heteroatoms. The molecule has 3 rings (SSSR count). The van der Waals surface area contributed by atoms with Crippen molar-refractivity contribution in [1.82, 2.24) is 21.2 Å². The van der Waals surface area contributed by atoms with Crippen LogP contribution in [-0.4, -0.2) is 55.4 Å². The summed E-state index contributed by atoms with van der Waals surface area (Å²) >= 11 is 6.60. The van der Waals surface area contributed by atoms with Crippen LogP contribution in [0.25, 0.3) is 10.6 Å². The lowest BCUT2D eigenvalue weighted by Gasteiger charge is -2.23. The maximum Gasteiger partial charge on any atom is 0.281 e. The van der Waals surface area contributed by atoms with E-state index in [0.29, 0.717) is 15.7 Å². The number of thiocarbonyl (C=S) groups is 1. The lowest BCUT2D eigenvalue weighted by molar-refractivity contribution is -0.908. The second kappa shape index (κ2) is 10.5. The quantitative estimate of drug-likeness (QED) is 0.310. The van der Waals surface area contributed by atoms with Crippen molar-refractivity contribution in [2.45, 2.75) is 13.3 Å². The Kier molecular flexibility index (Phi) is 7.72. The highest BCUT2D eigenvalue weighted by atomic mass is 32.1. The van der Waals surface area contributed by atoms with Gasteiger partial charge in [0.25, 0.3) is 5.91 Å². The third-order valence-electron chi connectivity index (χ3n) is 4.51. The molecule has 0 bridgehead atoms. The predicted octanol–water partition coefficient (Wildman–Crippen LogP) is 0.533. The number of aromatic nitrogens is 1. The first-order valence-corrected chi connectivity index (χ1v) is 10.6. The molecule has 1 amide bonds. The van der Waals surface area contributed by atoms with E-state index in [1.807, 2.05) is 37.3 Å². The van der Waals surface area contributed by atoms with E-state index < -0.39 is 0 Å². The summed E-state index contributed by atoms with van der Waals surface area (Å²) in [4.78, 5) is 19.1. The minimum atomic E-state index is -0.237. The van der Waals surface area contributed by atoms with Crippen LogP contribution in [0.3, 0.4) is 0 Å². The second-order valence-corrected chi connectivity index (χ2v) is 8.01. The van der Waals surface area contributed by atoms with E-state index >= 15 is 0 Å². The van der Waals surface area contributed by atoms with Gasteiger partial charge in [0.15, 0.2) is 5.11 Å². The van der Waals surface area contributed by atoms with Crippen molar-refractivity contribution in [3.05, 3.63) is 40.9 Å². The molecule has 0 unspecified atom stereocenters. The predicted molar refractivity (Wildman–Crippen MR) is 114 cm³/mol. The highest BCUT2D eigenvalue weighted by molar-refractivity contribution is 7.80. The number of quaternary nitrogens is 1. The Labute approximate surface area is 174 Å². The van der Waals surface area contributed by atoms with Gasteiger partial charge in [0, 0.05) is 18.5 Å². The molecule has 1 fully saturated rings. The van der Waals surface area contributed by atoms with E-state index in [1.54, 1.807) is 4.90 Å². The van der Waals surface area contributed by atoms with Crippen LogP contribution in [0.4, 0.5) is 0 Å². The fourth-order valence-corrected chi connectivity index (χ4v) is 4.10. The summed E-state index contributed by atoms with van der Waals surface area (Å²) in [5, 5.41) is 4.36. The van der Waals surface area contributed by atoms with Crippen molar-refractivity contribution in [2.24, 2.45) is 0 Å². The number of nitrogens with one attached hydrogen (secondary N) is 4. The number of thiazole rings is 1. The number of hydrogen-bond acceptors (Lipinski definition) is 5. The summed E-state index contributed by atoms with van der Waals surface area (Å²) in [7, 11) is 0. The average molecular weight is 421 g/mol. The molecule has 0 saturated carbocycles. The first-order valence-electron chi connectivity index (χ1n) is 9.42. The Balaban J connectivity index is 1.40. The van der Waals surface area contributed by atoms with Crippen molar-refractivity contribution >= 4 is 34.6 Å². The van der Waals surface area contributed by atoms with Gasteiger partial charge in [-0.25, -0.2) is 4.98 Å². The number of carbonyl (C=O) groups excluding carboxylic acids is 1. The zero-order chi connectivity index (χ0) is 19.8. The molecule has 1 aliphatic rings. The number of benzene rings is 1. The highest BCUT2D eigenvalue weighted by Crippen LogP contribution is 2.27. The van der Waals surface area contributed by atoms with Gasteiger partial charge in [-0.05, 0) is 19.1 Å². The molecule has 0 radical (unpaired) electrons. The fraction of sp³-hybridized carbons (Fsp3) is 0.421. The van der Waals surface area contributed by atoms with E-state index in [9.17, 15) is 4.79 Å². The van der Waals surface area contributed by atoms with Gasteiger partial charge in [-0.3, -0.25) is 15.6 Å². The Morgan fingerprint density at radius 3 is 2.75 bits per heavy atom. The van der Waals surface area contributed by atoms with Gasteiger partial charge in [-0.1, -0.05) is 30.3 Å². The maximum absolute atomic E-state index is 12.4. The smallest absolute Gasteiger partial charge is 0.281 e. The van der Waals surface area contributed by atoms with E-state index in [4.69, 9.17) is 17.0 Å². The minimum absolute atomic E-state index is 0.237. The fourth-order valence-electron chi connectivity index (χ4n) is 2.98. The summed E-state index contributed by atoms with van der Waals surface area (Å²) in [5.74, 6) is -0.237. The van der Waals surface area contributed by atoms with Crippen LogP contribution in [0.2, 0.25) is 0 Å². The average Bonchev–Trinajstić information content (AvgIpc) is 3.12. The number of morpholine rings is 1. The Bertz CT molecular complexity index is 791. The molecule has 2 aromatic rings. The SMILES string of the molecule is Cc1nc(-c2ccccc2)sc1C(=O)NNC(=S)NCCC[NH+]1CCOCC1. The number of amides is 1. The molecular weight excluding hydrogens is 394 g/mol. The molecule has 1 aromatic heterocycles. The normalized spacial score (nSPS) is 14.5. The third-order valence-corrected chi connectivity index (χ3v) is 5.96. The highest BCUT2D eigenvalue weighted by Gasteiger charge is 2.16. The van der Waals surface area contributed by atoms with E-state index in [0.717, 1.165) is 56.4 Å². The number of nitrogens with zero attached hydrogens (tertiary/aromatic N) is 1. The number of rotatable bonds is 6. The van der Waals surface area contributed by atoms with Crippen molar-refractivity contribution in [3.63, 3.8) is 0 Å². The number of ether oxygens (including phenoxy) is 1. The molecule has 1 saturated heterocycles. The van der Waals surface area contributed by atoms with E-state index in [-0.39, 0.29) is 5.91 Å². The van der Waals surface area contributed by atoms with Gasteiger partial charge >= 0.3 is 0 Å². The van der Waals surface area contributed by atoms with Gasteiger partial charge < -0.3 is 15.0 Å². The molecule has 0 atom stereocenters. The second-order valence-electron chi connectivity index (χ2n) is 6.60. The summed E-state index contributed by atoms with van der Waals surface area (Å²) < 4.78 is 5.36. The monoisotopic (exact) mass is 420 g/mol. The zero-order valence-corrected chi connectivity index (χ0v) is 17.5. The molecule has 0 aliphatic carbocycles. The van der Waals surface area contributed by atoms with E-state index in [1.165, 1.54) is 11.3 Å². The molecule has 28 heavy (non-hydrogen) atoms. The van der Waals surface area contributed by atoms with Crippen LogP contribution < -0.4 is 21.1 Å². The number of carbonyl (C=O) groups is 1. The molecule has 7 nitrogen and oxygen atoms in total. The van der Waals surface area contributed by atoms with Crippen molar-refractivity contribution in [2.75, 3.05) is 39.4 Å². The van der Waals surface area contributed by atoms with Crippen LogP contribution in [0, 0.1) is 6.92 Å². The van der Waals surface area contributed by atoms with Gasteiger partial charge in [0.05, 0.1) is 25.5 Å². The summed E-state index contributed by atoms with van der Waals surface area (Å²) in [6.45, 7) is 7.52. The van der Waals surface area contributed by atoms with E-state index in [2.05, 4.69) is 21.2 Å². The molecule has 4 N–H and O–H groups in total. The van der Waals surface area contributed by atoms with Crippen LogP contribution in [0.5, 0.6) is 0 Å². The molecule has 0 spiro atoms. The lowest BCUT2D eigenvalue weighted by atomic mass is 10.2. The Hall–Kier alpha value is -2.07. The van der Waals surface area contributed by atoms with Gasteiger partial charge in [0.1, 0.15) is 23.0 Å². The number of hydrazine groups is 1. The van der Waals surface area contributed by atoms with Crippen LogP contribution in [0.15, 0.2) is 30.3 Å². The minimum Gasteiger partial charge on any atom is -0.370 e. The molecule has 2 heterocycles. The van der Waals surface area contributed by atoms with Gasteiger partial charge in [0.2, 0.25) is 0 Å². The first-order chi connectivity index (χ1) is 13.6. The van der Waals surface area contributed by atoms with Crippen molar-refractivity contribution < 1.29 is 14.4 Å². The first kappa shape index (κ1) is 20.7. The number of hydrogen-bond donors (Lipinski definition) is 4. The van der Waals surface area contributed by atoms with Crippen LogP contribution >= 0.6 is 23.6 Å². The summed E-state index contributed by atoms with van der Waals surface area (Å²) in [6.07, 6.45) is 1.01. The summed E-state index contributed by atoms with van der Waals surface area (Å²) in [6, 6.07) is 9.83.